The van der Waals surface area contributed by atoms with E-state index in [1.165, 1.54) is 7.11 Å². The maximum atomic E-state index is 11.3. The molecule has 0 spiro atoms. The van der Waals surface area contributed by atoms with Crippen LogP contribution in [0.15, 0.2) is 4.52 Å². The largest absolute Gasteiger partial charge is 0.377 e. The number of carbonyl (C=O) groups is 1. The molecule has 1 heterocycles. The van der Waals surface area contributed by atoms with Gasteiger partial charge in [0.1, 0.15) is 12.7 Å². The molecule has 2 rings (SSSR count). The van der Waals surface area contributed by atoms with Gasteiger partial charge in [-0.3, -0.25) is 4.79 Å². The number of Topliss-reactive ketones (excluding diaryl/α,β-unsaturated/α-hetero) is 1. The van der Waals surface area contributed by atoms with Crippen molar-refractivity contribution < 1.29 is 18.8 Å². The van der Waals surface area contributed by atoms with E-state index in [9.17, 15) is 4.79 Å². The molecular weight excluding hydrogens is 224 g/mol. The highest BCUT2D eigenvalue weighted by Gasteiger charge is 2.35. The number of carbonyl (C=O) groups excluding carboxylic acids is 1. The third kappa shape index (κ3) is 3.10. The smallest absolute Gasteiger partial charge is 0.234 e. The van der Waals surface area contributed by atoms with Crippen molar-refractivity contribution in [3.05, 3.63) is 11.7 Å². The van der Waals surface area contributed by atoms with Crippen molar-refractivity contribution in [1.29, 1.82) is 0 Å². The normalized spacial score (nSPS) is 17.1. The van der Waals surface area contributed by atoms with Crippen LogP contribution in [0.1, 0.15) is 30.7 Å². The van der Waals surface area contributed by atoms with Gasteiger partial charge in [-0.15, -0.1) is 0 Å². The molecule has 0 saturated heterocycles. The highest BCUT2D eigenvalue weighted by molar-refractivity contribution is 5.81. The number of ketones is 1. The molecule has 0 bridgehead atoms. The average Bonchev–Trinajstić information content (AvgIpc) is 3.02. The van der Waals surface area contributed by atoms with E-state index in [2.05, 4.69) is 10.1 Å². The van der Waals surface area contributed by atoms with Gasteiger partial charge in [-0.05, 0) is 18.8 Å². The number of hydrogen-bond donors (Lipinski definition) is 0. The van der Waals surface area contributed by atoms with Gasteiger partial charge in [0.2, 0.25) is 11.7 Å². The zero-order valence-corrected chi connectivity index (χ0v) is 10.0. The van der Waals surface area contributed by atoms with Crippen molar-refractivity contribution in [2.45, 2.75) is 25.4 Å². The zero-order chi connectivity index (χ0) is 12.3. The molecule has 0 aliphatic heterocycles. The van der Waals surface area contributed by atoms with Crippen molar-refractivity contribution in [1.82, 2.24) is 10.1 Å². The van der Waals surface area contributed by atoms with E-state index in [1.807, 2.05) is 0 Å². The fourth-order valence-electron chi connectivity index (χ4n) is 1.74. The molecule has 6 nitrogen and oxygen atoms in total. The Morgan fingerprint density at radius 1 is 1.53 bits per heavy atom. The van der Waals surface area contributed by atoms with Crippen molar-refractivity contribution in [2.75, 3.05) is 20.8 Å². The SMILES string of the molecule is COCC(=O)Cc1nc(C(OC)C2CC2)no1. The van der Waals surface area contributed by atoms with E-state index in [-0.39, 0.29) is 24.9 Å². The maximum Gasteiger partial charge on any atom is 0.234 e. The van der Waals surface area contributed by atoms with Crippen molar-refractivity contribution in [3.63, 3.8) is 0 Å². The number of nitrogens with zero attached hydrogens (tertiary/aromatic N) is 2. The molecule has 0 aromatic carbocycles. The highest BCUT2D eigenvalue weighted by Crippen LogP contribution is 2.41. The highest BCUT2D eigenvalue weighted by atomic mass is 16.5. The molecular formula is C11H16N2O4. The first-order chi connectivity index (χ1) is 8.24. The van der Waals surface area contributed by atoms with Crippen LogP contribution in [-0.2, 0) is 20.7 Å². The Kier molecular flexibility index (Phi) is 3.86. The quantitative estimate of drug-likeness (QED) is 0.705. The molecule has 1 aromatic rings. The molecule has 1 aliphatic rings. The summed E-state index contributed by atoms with van der Waals surface area (Å²) in [6, 6.07) is 0. The Bertz CT molecular complexity index is 387. The lowest BCUT2D eigenvalue weighted by Gasteiger charge is -2.08. The van der Waals surface area contributed by atoms with Gasteiger partial charge >= 0.3 is 0 Å². The standard InChI is InChI=1S/C11H16N2O4/c1-15-6-8(14)5-9-12-11(13-17-9)10(16-2)7-3-4-7/h7,10H,3-6H2,1-2H3. The molecule has 1 fully saturated rings. The number of hydrogen-bond acceptors (Lipinski definition) is 6. The van der Waals surface area contributed by atoms with Gasteiger partial charge in [-0.2, -0.15) is 4.98 Å². The Balaban J connectivity index is 1.97. The van der Waals surface area contributed by atoms with Crippen LogP contribution in [0.3, 0.4) is 0 Å². The molecule has 1 saturated carbocycles. The fraction of sp³-hybridized carbons (Fsp3) is 0.727. The van der Waals surface area contributed by atoms with Crippen LogP contribution in [-0.4, -0.2) is 36.8 Å². The van der Waals surface area contributed by atoms with Gasteiger partial charge < -0.3 is 14.0 Å². The minimum Gasteiger partial charge on any atom is -0.377 e. The van der Waals surface area contributed by atoms with E-state index in [4.69, 9.17) is 14.0 Å². The summed E-state index contributed by atoms with van der Waals surface area (Å²) in [5, 5.41) is 3.86. The lowest BCUT2D eigenvalue weighted by atomic mass is 10.2. The lowest BCUT2D eigenvalue weighted by Crippen LogP contribution is -2.10. The summed E-state index contributed by atoms with van der Waals surface area (Å²) < 4.78 is 15.1. The molecule has 1 atom stereocenters. The Morgan fingerprint density at radius 2 is 2.29 bits per heavy atom. The maximum absolute atomic E-state index is 11.3. The summed E-state index contributed by atoms with van der Waals surface area (Å²) in [5.74, 6) is 1.27. The van der Waals surface area contributed by atoms with Gasteiger partial charge in [0, 0.05) is 14.2 Å². The lowest BCUT2D eigenvalue weighted by molar-refractivity contribution is -0.122. The predicted molar refractivity (Wildman–Crippen MR) is 57.4 cm³/mol. The molecule has 0 radical (unpaired) electrons. The number of methoxy groups -OCH3 is 2. The van der Waals surface area contributed by atoms with Crippen LogP contribution in [0.4, 0.5) is 0 Å². The van der Waals surface area contributed by atoms with Gasteiger partial charge in [-0.1, -0.05) is 5.16 Å². The van der Waals surface area contributed by atoms with Crippen molar-refractivity contribution >= 4 is 5.78 Å². The second kappa shape index (κ2) is 5.37. The van der Waals surface area contributed by atoms with Crippen LogP contribution in [0, 0.1) is 5.92 Å². The number of aromatic nitrogens is 2. The van der Waals surface area contributed by atoms with E-state index in [1.54, 1.807) is 7.11 Å². The Morgan fingerprint density at radius 3 is 2.88 bits per heavy atom. The van der Waals surface area contributed by atoms with Gasteiger partial charge in [0.05, 0.1) is 6.42 Å². The van der Waals surface area contributed by atoms with Gasteiger partial charge in [0.15, 0.2) is 5.78 Å². The molecule has 17 heavy (non-hydrogen) atoms. The first-order valence-electron chi connectivity index (χ1n) is 5.60. The van der Waals surface area contributed by atoms with Crippen LogP contribution in [0.5, 0.6) is 0 Å². The Hall–Kier alpha value is -1.27. The van der Waals surface area contributed by atoms with Crippen LogP contribution >= 0.6 is 0 Å². The summed E-state index contributed by atoms with van der Waals surface area (Å²) in [4.78, 5) is 15.5. The van der Waals surface area contributed by atoms with E-state index >= 15 is 0 Å². The van der Waals surface area contributed by atoms with Crippen LogP contribution in [0.2, 0.25) is 0 Å². The van der Waals surface area contributed by atoms with Crippen molar-refractivity contribution in [2.24, 2.45) is 5.92 Å². The molecule has 0 N–H and O–H groups in total. The summed E-state index contributed by atoms with van der Waals surface area (Å²) >= 11 is 0. The second-order valence-corrected chi connectivity index (χ2v) is 4.19. The van der Waals surface area contributed by atoms with E-state index in [0.717, 1.165) is 12.8 Å². The Labute approximate surface area is 99.3 Å². The molecule has 1 unspecified atom stereocenters. The van der Waals surface area contributed by atoms with E-state index < -0.39 is 0 Å². The topological polar surface area (TPSA) is 74.5 Å². The first kappa shape index (κ1) is 12.2. The van der Waals surface area contributed by atoms with Crippen LogP contribution in [0.25, 0.3) is 0 Å². The molecule has 1 aromatic heterocycles. The number of rotatable bonds is 7. The minimum absolute atomic E-state index is 0.0635. The predicted octanol–water partition coefficient (Wildman–Crippen LogP) is 0.925. The second-order valence-electron chi connectivity index (χ2n) is 4.19. The molecule has 1 aliphatic carbocycles. The average molecular weight is 240 g/mol. The molecule has 0 amide bonds. The third-order valence-corrected chi connectivity index (χ3v) is 2.70. The minimum atomic E-state index is -0.106. The van der Waals surface area contributed by atoms with E-state index in [0.29, 0.717) is 17.6 Å². The first-order valence-corrected chi connectivity index (χ1v) is 5.60. The summed E-state index contributed by atoms with van der Waals surface area (Å²) in [6.45, 7) is 0.0635. The molecule has 6 heteroatoms. The fourth-order valence-corrected chi connectivity index (χ4v) is 1.74. The summed E-state index contributed by atoms with van der Waals surface area (Å²) in [5.41, 5.74) is 0. The zero-order valence-electron chi connectivity index (χ0n) is 10.0. The summed E-state index contributed by atoms with van der Waals surface area (Å²) in [7, 11) is 3.11. The summed E-state index contributed by atoms with van der Waals surface area (Å²) in [6.07, 6.45) is 2.27. The molecule has 94 valence electrons. The van der Waals surface area contributed by atoms with Crippen LogP contribution < -0.4 is 0 Å². The number of ether oxygens (including phenoxy) is 2. The van der Waals surface area contributed by atoms with Gasteiger partial charge in [0.25, 0.3) is 0 Å². The van der Waals surface area contributed by atoms with Gasteiger partial charge in [-0.25, -0.2) is 0 Å². The van der Waals surface area contributed by atoms with Crippen molar-refractivity contribution in [3.8, 4) is 0 Å². The monoisotopic (exact) mass is 240 g/mol. The third-order valence-electron chi connectivity index (χ3n) is 2.70.